The molecule has 0 radical (unpaired) electrons. The monoisotopic (exact) mass is 739 g/mol. The van der Waals surface area contributed by atoms with E-state index in [4.69, 9.17) is 0 Å². The van der Waals surface area contributed by atoms with Gasteiger partial charge in [-0.3, -0.25) is 4.79 Å². The molecule has 2 aliphatic heterocycles. The van der Waals surface area contributed by atoms with Crippen LogP contribution in [0.1, 0.15) is 63.0 Å². The summed E-state index contributed by atoms with van der Waals surface area (Å²) in [5, 5.41) is 23.2. The Morgan fingerprint density at radius 1 is 0.750 bits per heavy atom. The summed E-state index contributed by atoms with van der Waals surface area (Å²) in [4.78, 5) is 29.6. The smallest absolute Gasteiger partial charge is 0.335 e. The second-order valence-corrected chi connectivity index (χ2v) is 15.6. The van der Waals surface area contributed by atoms with Gasteiger partial charge in [-0.2, -0.15) is 4.58 Å². The van der Waals surface area contributed by atoms with E-state index in [1.54, 1.807) is 12.1 Å². The van der Waals surface area contributed by atoms with Crippen LogP contribution in [0.25, 0.3) is 11.1 Å². The van der Waals surface area contributed by atoms with Crippen molar-refractivity contribution in [1.29, 1.82) is 0 Å². The summed E-state index contributed by atoms with van der Waals surface area (Å²) in [7, 11) is 0. The highest BCUT2D eigenvalue weighted by Gasteiger charge is 2.45. The van der Waals surface area contributed by atoms with Crippen LogP contribution in [-0.2, 0) is 15.6 Å². The predicted molar refractivity (Wildman–Crippen MR) is 223 cm³/mol. The maximum Gasteiger partial charge on any atom is 0.335 e. The number of para-hydroxylation sites is 2. The number of likely N-dealkylation sites (N-methyl/N-ethyl adjacent to an activating group) is 1. The minimum Gasteiger partial charge on any atom is -0.871 e. The Hall–Kier alpha value is -6.47. The Kier molecular flexibility index (Phi) is 8.92. The van der Waals surface area contributed by atoms with Gasteiger partial charge < -0.3 is 20.0 Å². The molecule has 0 atom stereocenters. The van der Waals surface area contributed by atoms with Gasteiger partial charge in [-0.15, -0.1) is 0 Å². The Morgan fingerprint density at radius 2 is 1.36 bits per heavy atom. The fraction of sp³-hybridized carbons (Fsp3) is 0.204. The quantitative estimate of drug-likeness (QED) is 0.120. The molecule has 1 aliphatic carbocycles. The summed E-state index contributed by atoms with van der Waals surface area (Å²) in [6.45, 7) is 14.2. The van der Waals surface area contributed by atoms with E-state index < -0.39 is 11.4 Å². The number of allylic oxidation sites excluding steroid dienone is 5. The van der Waals surface area contributed by atoms with Crippen molar-refractivity contribution in [3.05, 3.63) is 173 Å². The number of ketones is 1. The van der Waals surface area contributed by atoms with Gasteiger partial charge in [0.05, 0.1) is 11.0 Å². The Labute approximate surface area is 328 Å². The van der Waals surface area contributed by atoms with Crippen LogP contribution in [0.3, 0.4) is 0 Å². The Bertz CT molecular complexity index is 2540. The Morgan fingerprint density at radius 3 is 1.98 bits per heavy atom. The number of carbonyl (C=O) groups is 2. The molecule has 8 rings (SSSR count). The van der Waals surface area contributed by atoms with Crippen LogP contribution in [-0.4, -0.2) is 40.2 Å². The first-order chi connectivity index (χ1) is 26.9. The molecular weight excluding hydrogens is 695 g/mol. The van der Waals surface area contributed by atoms with Crippen LogP contribution in [0.2, 0.25) is 0 Å². The van der Waals surface area contributed by atoms with E-state index in [9.17, 15) is 19.8 Å². The lowest BCUT2D eigenvalue weighted by Gasteiger charge is -2.32. The molecule has 0 saturated heterocycles. The molecule has 0 fully saturated rings. The lowest BCUT2D eigenvalue weighted by molar-refractivity contribution is -0.433. The third-order valence-corrected chi connectivity index (χ3v) is 11.7. The number of rotatable bonds is 9. The molecule has 5 aromatic carbocycles. The van der Waals surface area contributed by atoms with Crippen molar-refractivity contribution in [1.82, 2.24) is 0 Å². The van der Waals surface area contributed by atoms with E-state index in [1.165, 1.54) is 5.56 Å². The highest BCUT2D eigenvalue weighted by atomic mass is 16.4. The van der Waals surface area contributed by atoms with Crippen molar-refractivity contribution in [3.63, 3.8) is 0 Å². The topological polar surface area (TPSA) is 86.9 Å². The molecule has 7 heteroatoms. The molecule has 5 aromatic rings. The van der Waals surface area contributed by atoms with Gasteiger partial charge in [-0.05, 0) is 111 Å². The molecule has 1 N–H and O–H groups in total. The first kappa shape index (κ1) is 36.5. The number of hydrogen-bond donors (Lipinski definition) is 1. The fourth-order valence-corrected chi connectivity index (χ4v) is 8.65. The molecule has 280 valence electrons. The van der Waals surface area contributed by atoms with Crippen LogP contribution in [0.15, 0.2) is 156 Å². The average Bonchev–Trinajstić information content (AvgIpc) is 3.57. The van der Waals surface area contributed by atoms with Crippen molar-refractivity contribution in [2.45, 2.75) is 52.4 Å². The molecule has 0 spiro atoms. The highest BCUT2D eigenvalue weighted by Crippen LogP contribution is 2.50. The molecule has 0 amide bonds. The zero-order chi connectivity index (χ0) is 39.5. The first-order valence-electron chi connectivity index (χ1n) is 19.2. The highest BCUT2D eigenvalue weighted by molar-refractivity contribution is 6.24. The fourth-order valence-electron chi connectivity index (χ4n) is 8.65. The van der Waals surface area contributed by atoms with Gasteiger partial charge in [-0.1, -0.05) is 74.2 Å². The van der Waals surface area contributed by atoms with E-state index >= 15 is 0 Å². The molecule has 0 unspecified atom stereocenters. The maximum absolute atomic E-state index is 13.8. The molecule has 0 saturated carbocycles. The largest absolute Gasteiger partial charge is 0.871 e. The number of benzene rings is 5. The van der Waals surface area contributed by atoms with E-state index in [1.807, 2.05) is 66.7 Å². The standard InChI is InChI=1S/C49H45N3O4/c1-7-50-41-17-13-12-16-39(41)48(3,4)43(50)29-37-45(53)38(46(37)54)30-44-49(5,6)40-28-33(22-27-42(40)51(44)8-2)31-18-23-35(24-19-31)52(34-14-10-9-11-15-34)36-25-20-32(21-26-36)47(55)56/h9-30H,7-8H2,1-6H3,(H-,53,54,55,56). The Balaban J connectivity index is 1.11. The zero-order valence-electron chi connectivity index (χ0n) is 32.6. The summed E-state index contributed by atoms with van der Waals surface area (Å²) in [5.74, 6) is -1.37. The van der Waals surface area contributed by atoms with Gasteiger partial charge in [0.2, 0.25) is 5.69 Å². The lowest BCUT2D eigenvalue weighted by Crippen LogP contribution is -2.35. The number of aromatic carboxylic acids is 1. The van der Waals surface area contributed by atoms with Crippen LogP contribution in [0.4, 0.5) is 28.4 Å². The summed E-state index contributed by atoms with van der Waals surface area (Å²) in [6, 6.07) is 40.0. The number of nitrogens with zero attached hydrogens (tertiary/aromatic N) is 3. The van der Waals surface area contributed by atoms with Crippen LogP contribution in [0, 0.1) is 0 Å². The number of anilines is 4. The summed E-state index contributed by atoms with van der Waals surface area (Å²) >= 11 is 0. The van der Waals surface area contributed by atoms with Crippen LogP contribution in [0.5, 0.6) is 0 Å². The normalized spacial score (nSPS) is 18.0. The molecule has 7 nitrogen and oxygen atoms in total. The van der Waals surface area contributed by atoms with E-state index in [-0.39, 0.29) is 33.7 Å². The number of hydrogen-bond acceptors (Lipinski definition) is 5. The molecule has 56 heavy (non-hydrogen) atoms. The van der Waals surface area contributed by atoms with E-state index in [0.717, 1.165) is 63.1 Å². The average molecular weight is 740 g/mol. The molecule has 0 bridgehead atoms. The van der Waals surface area contributed by atoms with E-state index in [2.05, 4.69) is 111 Å². The number of carbonyl (C=O) groups excluding carboxylic acids is 1. The summed E-state index contributed by atoms with van der Waals surface area (Å²) in [5.41, 5.74) is 11.2. The van der Waals surface area contributed by atoms with Crippen molar-refractivity contribution < 1.29 is 24.4 Å². The zero-order valence-corrected chi connectivity index (χ0v) is 32.6. The summed E-state index contributed by atoms with van der Waals surface area (Å²) < 4.78 is 2.21. The van der Waals surface area contributed by atoms with Gasteiger partial charge in [-0.25, -0.2) is 4.79 Å². The molecule has 2 heterocycles. The second-order valence-electron chi connectivity index (χ2n) is 15.6. The van der Waals surface area contributed by atoms with E-state index in [0.29, 0.717) is 6.54 Å². The van der Waals surface area contributed by atoms with Crippen LogP contribution < -0.4 is 14.9 Å². The molecular formula is C49H45N3O4. The van der Waals surface area contributed by atoms with Crippen LogP contribution >= 0.6 is 0 Å². The van der Waals surface area contributed by atoms with Crippen molar-refractivity contribution >= 4 is 45.9 Å². The minimum absolute atomic E-state index is 0.205. The van der Waals surface area contributed by atoms with Crippen molar-refractivity contribution in [3.8, 4) is 11.1 Å². The SMILES string of the molecule is CCN1/C(=C/C2=C([O-])C(=C\C3=[N+](CC)c4ccccc4C3(C)C)/C2=O)C(C)(C)c2cc(-c3ccc(N(c4ccccc4)c4ccc(C(=O)O)cc4)cc3)ccc21. The number of Topliss-reactive ketones (excluding diaryl/α,β-unsaturated/α-hetero) is 1. The second kappa shape index (κ2) is 13.7. The third-order valence-electron chi connectivity index (χ3n) is 11.7. The number of carboxylic acid groups (broad SMARTS) is 1. The summed E-state index contributed by atoms with van der Waals surface area (Å²) in [6.07, 6.45) is 3.66. The predicted octanol–water partition coefficient (Wildman–Crippen LogP) is 9.74. The number of fused-ring (bicyclic) bond motifs is 2. The van der Waals surface area contributed by atoms with Gasteiger partial charge in [0.25, 0.3) is 0 Å². The minimum atomic E-state index is -0.960. The lowest BCUT2D eigenvalue weighted by atomic mass is 9.77. The van der Waals surface area contributed by atoms with Gasteiger partial charge in [0.15, 0.2) is 11.5 Å². The molecule has 3 aliphatic rings. The van der Waals surface area contributed by atoms with Crippen molar-refractivity contribution in [2.75, 3.05) is 22.9 Å². The van der Waals surface area contributed by atoms with Gasteiger partial charge in [0.1, 0.15) is 6.54 Å². The third kappa shape index (κ3) is 5.77. The van der Waals surface area contributed by atoms with Gasteiger partial charge >= 0.3 is 5.97 Å². The molecule has 0 aromatic heterocycles. The van der Waals surface area contributed by atoms with Crippen molar-refractivity contribution in [2.24, 2.45) is 0 Å². The maximum atomic E-state index is 13.8. The van der Waals surface area contributed by atoms with Gasteiger partial charge in [0, 0.05) is 69.3 Å². The number of carboxylic acids is 1. The first-order valence-corrected chi connectivity index (χ1v) is 19.2.